The third kappa shape index (κ3) is 3.80. The van der Waals surface area contributed by atoms with Crippen LogP contribution in [-0.4, -0.2) is 49.6 Å². The van der Waals surface area contributed by atoms with Crippen molar-refractivity contribution >= 4 is 5.91 Å². The Hall–Kier alpha value is -0.610. The Bertz CT molecular complexity index is 210. The Kier molecular flexibility index (Phi) is 4.54. The Balaban J connectivity index is 2.28. The fourth-order valence-electron chi connectivity index (χ4n) is 1.91. The molecule has 0 aromatic rings. The maximum Gasteiger partial charge on any atom is 0.234 e. The summed E-state index contributed by atoms with van der Waals surface area (Å²) >= 11 is 0. The maximum absolute atomic E-state index is 11.4. The van der Waals surface area contributed by atoms with Gasteiger partial charge in [-0.3, -0.25) is 9.69 Å². The fraction of sp³-hybridized carbons (Fsp3) is 0.909. The van der Waals surface area contributed by atoms with Crippen molar-refractivity contribution < 1.29 is 4.79 Å². The van der Waals surface area contributed by atoms with Crippen LogP contribution in [0.5, 0.6) is 0 Å². The minimum absolute atomic E-state index is 0.144. The molecule has 0 saturated carbocycles. The molecule has 1 saturated heterocycles. The highest BCUT2D eigenvalue weighted by Crippen LogP contribution is 2.20. The van der Waals surface area contributed by atoms with Crippen LogP contribution in [0.15, 0.2) is 0 Å². The first-order valence-corrected chi connectivity index (χ1v) is 5.77. The van der Waals surface area contributed by atoms with Gasteiger partial charge in [0.25, 0.3) is 0 Å². The first-order valence-electron chi connectivity index (χ1n) is 5.77. The summed E-state index contributed by atoms with van der Waals surface area (Å²) in [5.74, 6) is 0.144. The normalized spacial score (nSPS) is 21.3. The van der Waals surface area contributed by atoms with Crippen LogP contribution in [0.4, 0.5) is 0 Å². The fourth-order valence-corrected chi connectivity index (χ4v) is 1.91. The number of nitrogens with one attached hydrogen (secondary N) is 2. The van der Waals surface area contributed by atoms with Gasteiger partial charge in [0, 0.05) is 25.2 Å². The molecule has 1 fully saturated rings. The lowest BCUT2D eigenvalue weighted by atomic mass is 9.90. The number of hydrogen-bond donors (Lipinski definition) is 2. The number of amides is 1. The lowest BCUT2D eigenvalue weighted by Crippen LogP contribution is -2.51. The van der Waals surface area contributed by atoms with Crippen LogP contribution >= 0.6 is 0 Å². The summed E-state index contributed by atoms with van der Waals surface area (Å²) < 4.78 is 0. The van der Waals surface area contributed by atoms with Crippen molar-refractivity contribution in [2.24, 2.45) is 0 Å². The molecule has 1 aliphatic heterocycles. The van der Waals surface area contributed by atoms with Gasteiger partial charge in [-0.25, -0.2) is 0 Å². The Morgan fingerprint density at radius 3 is 2.47 bits per heavy atom. The number of nitrogens with zero attached hydrogens (tertiary/aromatic N) is 1. The highest BCUT2D eigenvalue weighted by atomic mass is 16.2. The van der Waals surface area contributed by atoms with E-state index in [4.69, 9.17) is 0 Å². The number of likely N-dealkylation sites (tertiary alicyclic amines) is 1. The molecule has 4 nitrogen and oxygen atoms in total. The van der Waals surface area contributed by atoms with E-state index in [9.17, 15) is 4.79 Å². The van der Waals surface area contributed by atoms with Crippen LogP contribution in [0.1, 0.15) is 26.7 Å². The molecule has 1 aliphatic rings. The van der Waals surface area contributed by atoms with Gasteiger partial charge in [-0.2, -0.15) is 0 Å². The molecule has 0 atom stereocenters. The highest BCUT2D eigenvalue weighted by molar-refractivity contribution is 5.77. The van der Waals surface area contributed by atoms with E-state index < -0.39 is 0 Å². The average Bonchev–Trinajstić information content (AvgIpc) is 2.22. The second-order valence-corrected chi connectivity index (χ2v) is 4.54. The van der Waals surface area contributed by atoms with Gasteiger partial charge in [0.1, 0.15) is 0 Å². The topological polar surface area (TPSA) is 44.4 Å². The Morgan fingerprint density at radius 2 is 2.00 bits per heavy atom. The monoisotopic (exact) mass is 213 g/mol. The lowest BCUT2D eigenvalue weighted by Gasteiger charge is -2.38. The first kappa shape index (κ1) is 12.5. The summed E-state index contributed by atoms with van der Waals surface area (Å²) in [4.78, 5) is 13.6. The number of carbonyl (C=O) groups excluding carboxylic acids is 1. The minimum atomic E-state index is 0.144. The van der Waals surface area contributed by atoms with Gasteiger partial charge in [0.05, 0.1) is 6.54 Å². The zero-order chi connectivity index (χ0) is 11.3. The van der Waals surface area contributed by atoms with Crippen LogP contribution in [0, 0.1) is 0 Å². The van der Waals surface area contributed by atoms with E-state index in [2.05, 4.69) is 22.5 Å². The van der Waals surface area contributed by atoms with Crippen LogP contribution < -0.4 is 10.6 Å². The van der Waals surface area contributed by atoms with Crippen molar-refractivity contribution in [1.29, 1.82) is 0 Å². The van der Waals surface area contributed by atoms with Gasteiger partial charge in [-0.1, -0.05) is 0 Å². The van der Waals surface area contributed by atoms with Crippen LogP contribution in [0.2, 0.25) is 0 Å². The van der Waals surface area contributed by atoms with Crippen LogP contribution in [0.3, 0.4) is 0 Å². The lowest BCUT2D eigenvalue weighted by molar-refractivity contribution is -0.122. The predicted molar refractivity (Wildman–Crippen MR) is 61.8 cm³/mol. The van der Waals surface area contributed by atoms with E-state index in [0.717, 1.165) is 32.5 Å². The van der Waals surface area contributed by atoms with E-state index in [1.165, 1.54) is 0 Å². The molecule has 1 rings (SSSR count). The summed E-state index contributed by atoms with van der Waals surface area (Å²) in [6.45, 7) is 7.49. The molecule has 0 unspecified atom stereocenters. The van der Waals surface area contributed by atoms with Crippen molar-refractivity contribution in [2.75, 3.05) is 33.2 Å². The van der Waals surface area contributed by atoms with Gasteiger partial charge >= 0.3 is 0 Å². The molecule has 0 spiro atoms. The predicted octanol–water partition coefficient (Wildman–Crippen LogP) is 0.196. The van der Waals surface area contributed by atoms with Gasteiger partial charge in [-0.15, -0.1) is 0 Å². The molecule has 88 valence electrons. The number of likely N-dealkylation sites (N-methyl/N-ethyl adjacent to an activating group) is 1. The number of carbonyl (C=O) groups is 1. The zero-order valence-electron chi connectivity index (χ0n) is 10.1. The van der Waals surface area contributed by atoms with Crippen molar-refractivity contribution in [3.05, 3.63) is 0 Å². The Morgan fingerprint density at radius 1 is 1.40 bits per heavy atom. The SMILES string of the molecule is CCNC(=O)CN1CCC(C)(NC)CC1. The second-order valence-electron chi connectivity index (χ2n) is 4.54. The molecule has 0 aromatic heterocycles. The molecule has 0 radical (unpaired) electrons. The van der Waals surface area contributed by atoms with Crippen LogP contribution in [0.25, 0.3) is 0 Å². The van der Waals surface area contributed by atoms with Gasteiger partial charge < -0.3 is 10.6 Å². The molecule has 4 heteroatoms. The summed E-state index contributed by atoms with van der Waals surface area (Å²) in [6.07, 6.45) is 2.23. The van der Waals surface area contributed by atoms with Crippen molar-refractivity contribution in [1.82, 2.24) is 15.5 Å². The zero-order valence-corrected chi connectivity index (χ0v) is 10.1. The van der Waals surface area contributed by atoms with E-state index in [-0.39, 0.29) is 11.4 Å². The molecular formula is C11H23N3O. The third-order valence-corrected chi connectivity index (χ3v) is 3.30. The summed E-state index contributed by atoms with van der Waals surface area (Å²) in [6, 6.07) is 0. The molecule has 1 heterocycles. The Labute approximate surface area is 92.4 Å². The van der Waals surface area contributed by atoms with Crippen molar-refractivity contribution in [2.45, 2.75) is 32.2 Å². The van der Waals surface area contributed by atoms with Gasteiger partial charge in [0.15, 0.2) is 0 Å². The molecule has 1 amide bonds. The van der Waals surface area contributed by atoms with E-state index in [1.807, 2.05) is 14.0 Å². The summed E-state index contributed by atoms with van der Waals surface area (Å²) in [7, 11) is 2.01. The van der Waals surface area contributed by atoms with Crippen LogP contribution in [-0.2, 0) is 4.79 Å². The van der Waals surface area contributed by atoms with E-state index >= 15 is 0 Å². The first-order chi connectivity index (χ1) is 7.09. The number of piperidine rings is 1. The molecular weight excluding hydrogens is 190 g/mol. The smallest absolute Gasteiger partial charge is 0.234 e. The minimum Gasteiger partial charge on any atom is -0.355 e. The summed E-state index contributed by atoms with van der Waals surface area (Å²) in [5.41, 5.74) is 0.262. The molecule has 0 aromatic carbocycles. The van der Waals surface area contributed by atoms with Gasteiger partial charge in [0.2, 0.25) is 5.91 Å². The van der Waals surface area contributed by atoms with E-state index in [1.54, 1.807) is 0 Å². The maximum atomic E-state index is 11.4. The molecule has 15 heavy (non-hydrogen) atoms. The highest BCUT2D eigenvalue weighted by Gasteiger charge is 2.28. The second kappa shape index (κ2) is 5.47. The largest absolute Gasteiger partial charge is 0.355 e. The van der Waals surface area contributed by atoms with Crippen molar-refractivity contribution in [3.8, 4) is 0 Å². The van der Waals surface area contributed by atoms with E-state index in [0.29, 0.717) is 6.54 Å². The number of hydrogen-bond acceptors (Lipinski definition) is 3. The average molecular weight is 213 g/mol. The number of rotatable bonds is 4. The molecule has 0 aliphatic carbocycles. The van der Waals surface area contributed by atoms with Gasteiger partial charge in [-0.05, 0) is 33.7 Å². The molecule has 2 N–H and O–H groups in total. The van der Waals surface area contributed by atoms with Crippen molar-refractivity contribution in [3.63, 3.8) is 0 Å². The quantitative estimate of drug-likeness (QED) is 0.701. The standard InChI is InChI=1S/C11H23N3O/c1-4-13-10(15)9-14-7-5-11(2,12-3)6-8-14/h12H,4-9H2,1-3H3,(H,13,15). The summed E-state index contributed by atoms with van der Waals surface area (Å²) in [5, 5.41) is 6.18. The molecule has 0 bridgehead atoms. The third-order valence-electron chi connectivity index (χ3n) is 3.30.